The number of rotatable bonds is 1. The van der Waals surface area contributed by atoms with Gasteiger partial charge in [0.25, 0.3) is 0 Å². The van der Waals surface area contributed by atoms with Crippen LogP contribution in [0.5, 0.6) is 0 Å². The van der Waals surface area contributed by atoms with E-state index in [2.05, 4.69) is 20.7 Å². The van der Waals surface area contributed by atoms with Gasteiger partial charge in [-0.1, -0.05) is 0 Å². The molecule has 4 nitrogen and oxygen atoms in total. The van der Waals surface area contributed by atoms with Crippen molar-refractivity contribution in [3.8, 4) is 11.3 Å². The molecule has 1 unspecified atom stereocenters. The molecule has 0 spiro atoms. The van der Waals surface area contributed by atoms with Gasteiger partial charge in [-0.15, -0.1) is 0 Å². The van der Waals surface area contributed by atoms with Crippen molar-refractivity contribution in [2.75, 3.05) is 0 Å². The van der Waals surface area contributed by atoms with Crippen molar-refractivity contribution in [2.24, 2.45) is 0 Å². The summed E-state index contributed by atoms with van der Waals surface area (Å²) in [6.07, 6.45) is 6.83. The maximum Gasteiger partial charge on any atom is 0.112 e. The Morgan fingerprint density at radius 3 is 2.94 bits per heavy atom. The summed E-state index contributed by atoms with van der Waals surface area (Å²) in [5.41, 5.74) is 2.04. The Kier molecular flexibility index (Phi) is 2.22. The summed E-state index contributed by atoms with van der Waals surface area (Å²) in [5.74, 6) is 0.977. The zero-order chi connectivity index (χ0) is 11.0. The van der Waals surface area contributed by atoms with E-state index < -0.39 is 0 Å². The molecule has 3 rings (SSSR count). The molecule has 3 heterocycles. The lowest BCUT2D eigenvalue weighted by molar-refractivity contribution is 0.141. The van der Waals surface area contributed by atoms with Crippen LogP contribution in [0.1, 0.15) is 12.2 Å². The van der Waals surface area contributed by atoms with Crippen molar-refractivity contribution in [3.05, 3.63) is 36.5 Å². The molecule has 2 aromatic heterocycles. The van der Waals surface area contributed by atoms with E-state index >= 15 is 0 Å². The highest BCUT2D eigenvalue weighted by Gasteiger charge is 2.18. The van der Waals surface area contributed by atoms with Gasteiger partial charge in [0.05, 0.1) is 11.8 Å². The number of aromatic nitrogens is 3. The third-order valence-electron chi connectivity index (χ3n) is 2.96. The molecule has 1 aliphatic heterocycles. The molecule has 16 heavy (non-hydrogen) atoms. The van der Waals surface area contributed by atoms with Crippen LogP contribution in [0.3, 0.4) is 0 Å². The Bertz CT molecular complexity index is 492. The normalized spacial score (nSPS) is 19.4. The number of pyridine rings is 1. The number of aliphatic hydroxyl groups excluding tert-OH is 1. The molecule has 1 atom stereocenters. The van der Waals surface area contributed by atoms with E-state index in [9.17, 15) is 5.11 Å². The molecule has 0 bridgehead atoms. The molecule has 1 aliphatic rings. The van der Waals surface area contributed by atoms with Gasteiger partial charge in [-0.3, -0.25) is 4.98 Å². The molecular weight excluding hydrogens is 202 g/mol. The van der Waals surface area contributed by atoms with Crippen LogP contribution in [-0.4, -0.2) is 25.7 Å². The highest BCUT2D eigenvalue weighted by molar-refractivity contribution is 5.57. The molecule has 82 valence electrons. The second-order valence-electron chi connectivity index (χ2n) is 4.12. The van der Waals surface area contributed by atoms with E-state index in [1.807, 2.05) is 12.1 Å². The Labute approximate surface area is 93.6 Å². The Morgan fingerprint density at radius 1 is 1.31 bits per heavy atom. The van der Waals surface area contributed by atoms with E-state index in [0.29, 0.717) is 6.42 Å². The van der Waals surface area contributed by atoms with Gasteiger partial charge in [0.1, 0.15) is 5.82 Å². The monoisotopic (exact) mass is 215 g/mol. The van der Waals surface area contributed by atoms with Crippen LogP contribution in [0, 0.1) is 0 Å². The van der Waals surface area contributed by atoms with E-state index in [4.69, 9.17) is 0 Å². The van der Waals surface area contributed by atoms with Crippen LogP contribution < -0.4 is 0 Å². The van der Waals surface area contributed by atoms with Gasteiger partial charge < -0.3 is 9.67 Å². The third-order valence-corrected chi connectivity index (χ3v) is 2.96. The number of nitrogens with zero attached hydrogens (tertiary/aromatic N) is 3. The first-order valence-electron chi connectivity index (χ1n) is 5.47. The summed E-state index contributed by atoms with van der Waals surface area (Å²) in [4.78, 5) is 8.54. The van der Waals surface area contributed by atoms with Crippen molar-refractivity contribution in [2.45, 2.75) is 25.5 Å². The van der Waals surface area contributed by atoms with Gasteiger partial charge in [0.2, 0.25) is 0 Å². The average molecular weight is 215 g/mol. The molecule has 0 fully saturated rings. The van der Waals surface area contributed by atoms with Gasteiger partial charge >= 0.3 is 0 Å². The lowest BCUT2D eigenvalue weighted by atomic mass is 10.1. The topological polar surface area (TPSA) is 50.9 Å². The minimum atomic E-state index is -0.236. The number of imidazole rings is 1. The molecule has 1 N–H and O–H groups in total. The fourth-order valence-corrected chi connectivity index (χ4v) is 2.07. The van der Waals surface area contributed by atoms with Gasteiger partial charge in [-0.2, -0.15) is 0 Å². The standard InChI is InChI=1S/C12H13N3O/c16-10-3-6-15-8-11(14-12(15)7-10)9-1-4-13-5-2-9/h1-2,4-5,8,10,16H,3,6-7H2. The van der Waals surface area contributed by atoms with Crippen molar-refractivity contribution < 1.29 is 5.11 Å². The highest BCUT2D eigenvalue weighted by atomic mass is 16.3. The number of fused-ring (bicyclic) bond motifs is 1. The van der Waals surface area contributed by atoms with Gasteiger partial charge in [0, 0.05) is 37.1 Å². The summed E-state index contributed by atoms with van der Waals surface area (Å²) in [5, 5.41) is 9.57. The van der Waals surface area contributed by atoms with Crippen molar-refractivity contribution in [1.29, 1.82) is 0 Å². The van der Waals surface area contributed by atoms with E-state index in [1.54, 1.807) is 12.4 Å². The molecule has 4 heteroatoms. The summed E-state index contributed by atoms with van der Waals surface area (Å²) in [6.45, 7) is 0.856. The lowest BCUT2D eigenvalue weighted by Gasteiger charge is -2.18. The molecule has 0 amide bonds. The first kappa shape index (κ1) is 9.54. The predicted octanol–water partition coefficient (Wildman–Crippen LogP) is 1.25. The fourth-order valence-electron chi connectivity index (χ4n) is 2.07. The van der Waals surface area contributed by atoms with Crippen molar-refractivity contribution >= 4 is 0 Å². The molecule has 0 saturated carbocycles. The summed E-state index contributed by atoms with van der Waals surface area (Å²) < 4.78 is 2.13. The maximum atomic E-state index is 9.57. The molecule has 0 radical (unpaired) electrons. The molecule has 0 saturated heterocycles. The second-order valence-corrected chi connectivity index (χ2v) is 4.12. The second kappa shape index (κ2) is 3.72. The number of aryl methyl sites for hydroxylation is 1. The first-order valence-corrected chi connectivity index (χ1v) is 5.47. The number of hydrogen-bond donors (Lipinski definition) is 1. The van der Waals surface area contributed by atoms with Crippen molar-refractivity contribution in [1.82, 2.24) is 14.5 Å². The van der Waals surface area contributed by atoms with E-state index in [1.165, 1.54) is 0 Å². The van der Waals surface area contributed by atoms with Gasteiger partial charge in [0.15, 0.2) is 0 Å². The van der Waals surface area contributed by atoms with Crippen LogP contribution >= 0.6 is 0 Å². The predicted molar refractivity (Wildman–Crippen MR) is 59.8 cm³/mol. The minimum Gasteiger partial charge on any atom is -0.393 e. The minimum absolute atomic E-state index is 0.236. The quantitative estimate of drug-likeness (QED) is 0.779. The summed E-state index contributed by atoms with van der Waals surface area (Å²) in [7, 11) is 0. The van der Waals surface area contributed by atoms with E-state index in [0.717, 1.165) is 30.0 Å². The Morgan fingerprint density at radius 2 is 2.12 bits per heavy atom. The number of hydrogen-bond acceptors (Lipinski definition) is 3. The van der Waals surface area contributed by atoms with Crippen LogP contribution in [0.25, 0.3) is 11.3 Å². The van der Waals surface area contributed by atoms with E-state index in [-0.39, 0.29) is 6.10 Å². The zero-order valence-electron chi connectivity index (χ0n) is 8.87. The molecule has 2 aromatic rings. The van der Waals surface area contributed by atoms with Crippen LogP contribution in [-0.2, 0) is 13.0 Å². The highest BCUT2D eigenvalue weighted by Crippen LogP contribution is 2.21. The third kappa shape index (κ3) is 1.61. The molecule has 0 aliphatic carbocycles. The molecule has 0 aromatic carbocycles. The summed E-state index contributed by atoms with van der Waals surface area (Å²) >= 11 is 0. The first-order chi connectivity index (χ1) is 7.83. The summed E-state index contributed by atoms with van der Waals surface area (Å²) in [6, 6.07) is 3.90. The number of aliphatic hydroxyl groups is 1. The Hall–Kier alpha value is -1.68. The van der Waals surface area contributed by atoms with Crippen LogP contribution in [0.15, 0.2) is 30.7 Å². The average Bonchev–Trinajstić information content (AvgIpc) is 2.73. The maximum absolute atomic E-state index is 9.57. The zero-order valence-corrected chi connectivity index (χ0v) is 8.87. The SMILES string of the molecule is OC1CCn2cc(-c3ccncc3)nc2C1. The van der Waals surface area contributed by atoms with Crippen LogP contribution in [0.2, 0.25) is 0 Å². The molecular formula is C12H13N3O. The fraction of sp³-hybridized carbons (Fsp3) is 0.333. The lowest BCUT2D eigenvalue weighted by Crippen LogP contribution is -2.22. The smallest absolute Gasteiger partial charge is 0.112 e. The van der Waals surface area contributed by atoms with Crippen LogP contribution in [0.4, 0.5) is 0 Å². The Balaban J connectivity index is 1.99. The van der Waals surface area contributed by atoms with Gasteiger partial charge in [-0.05, 0) is 18.6 Å². The largest absolute Gasteiger partial charge is 0.393 e. The van der Waals surface area contributed by atoms with Crippen molar-refractivity contribution in [3.63, 3.8) is 0 Å². The van der Waals surface area contributed by atoms with Gasteiger partial charge in [-0.25, -0.2) is 4.98 Å².